The predicted molar refractivity (Wildman–Crippen MR) is 124 cm³/mol. The molecule has 2 bridgehead atoms. The number of hydrogen-bond acceptors (Lipinski definition) is 4. The summed E-state index contributed by atoms with van der Waals surface area (Å²) in [5.74, 6) is -1.05. The Balaban J connectivity index is 1.32. The quantitative estimate of drug-likeness (QED) is 0.494. The van der Waals surface area contributed by atoms with Crippen molar-refractivity contribution in [2.24, 2.45) is 11.3 Å². The van der Waals surface area contributed by atoms with Gasteiger partial charge in [-0.25, -0.2) is 4.39 Å². The van der Waals surface area contributed by atoms with E-state index in [0.29, 0.717) is 32.1 Å². The molecule has 6 nitrogen and oxygen atoms in total. The minimum Gasteiger partial charge on any atom is -0.484 e. The second kappa shape index (κ2) is 9.88. The van der Waals surface area contributed by atoms with E-state index in [2.05, 4.69) is 15.6 Å². The van der Waals surface area contributed by atoms with Gasteiger partial charge in [0.15, 0.2) is 6.61 Å². The number of rotatable bonds is 7. The van der Waals surface area contributed by atoms with Gasteiger partial charge >= 0.3 is 6.18 Å². The molecule has 194 valence electrons. The molecule has 3 aliphatic rings. The highest BCUT2D eigenvalue weighted by Crippen LogP contribution is 2.55. The van der Waals surface area contributed by atoms with Crippen LogP contribution in [-0.2, 0) is 22.3 Å². The predicted octanol–water partition coefficient (Wildman–Crippen LogP) is 5.04. The van der Waals surface area contributed by atoms with Gasteiger partial charge in [0.2, 0.25) is 5.91 Å². The first kappa shape index (κ1) is 26.2. The molecule has 2 aromatic rings. The first-order valence-electron chi connectivity index (χ1n) is 11.6. The molecule has 2 amide bonds. The van der Waals surface area contributed by atoms with Crippen LogP contribution in [0.4, 0.5) is 17.6 Å². The van der Waals surface area contributed by atoms with Crippen LogP contribution in [0.1, 0.15) is 50.3 Å². The summed E-state index contributed by atoms with van der Waals surface area (Å²) >= 11 is 5.65. The van der Waals surface area contributed by atoms with Gasteiger partial charge in [0, 0.05) is 17.8 Å². The van der Waals surface area contributed by atoms with Crippen LogP contribution in [-0.4, -0.2) is 28.9 Å². The van der Waals surface area contributed by atoms with Gasteiger partial charge in [-0.2, -0.15) is 13.2 Å². The first-order valence-corrected chi connectivity index (χ1v) is 12.0. The molecule has 1 aromatic heterocycles. The summed E-state index contributed by atoms with van der Waals surface area (Å²) in [6.45, 7) is 1.57. The van der Waals surface area contributed by atoms with Crippen molar-refractivity contribution in [2.45, 2.75) is 57.3 Å². The van der Waals surface area contributed by atoms with Gasteiger partial charge in [-0.15, -0.1) is 0 Å². The number of fused-ring (bicyclic) bond motifs is 3. The molecule has 36 heavy (non-hydrogen) atoms. The largest absolute Gasteiger partial charge is 0.484 e. The number of benzene rings is 1. The van der Waals surface area contributed by atoms with E-state index in [1.165, 1.54) is 12.1 Å². The standard InChI is InChI=1S/C25H26ClF4N3O3/c1-15-12-23(33-21(34)14-36-18-2-3-19(26)20(27)11-18)5-7-24(15,8-6-23)22(35)32-13-17-10-16(4-9-31-17)25(28,29)30/h2-4,9-11,15H,5-8,12-14H2,1H3,(H,32,35)(H,33,34). The number of halogens is 5. The van der Waals surface area contributed by atoms with Crippen molar-refractivity contribution in [3.63, 3.8) is 0 Å². The van der Waals surface area contributed by atoms with Crippen LogP contribution < -0.4 is 15.4 Å². The maximum absolute atomic E-state index is 13.6. The molecule has 1 heterocycles. The van der Waals surface area contributed by atoms with Crippen molar-refractivity contribution in [2.75, 3.05) is 6.61 Å². The molecule has 3 fully saturated rings. The summed E-state index contributed by atoms with van der Waals surface area (Å²) in [4.78, 5) is 29.7. The second-order valence-electron chi connectivity index (χ2n) is 9.67. The summed E-state index contributed by atoms with van der Waals surface area (Å²) in [6.07, 6.45) is -0.549. The number of ether oxygens (including phenoxy) is 1. The van der Waals surface area contributed by atoms with Gasteiger partial charge < -0.3 is 15.4 Å². The molecule has 1 unspecified atom stereocenters. The van der Waals surface area contributed by atoms with Crippen molar-refractivity contribution >= 4 is 23.4 Å². The molecule has 3 aliphatic carbocycles. The Morgan fingerprint density at radius 3 is 2.53 bits per heavy atom. The van der Waals surface area contributed by atoms with Crippen LogP contribution in [0.3, 0.4) is 0 Å². The molecular formula is C25H26ClF4N3O3. The molecular weight excluding hydrogens is 502 g/mol. The zero-order valence-electron chi connectivity index (χ0n) is 19.6. The zero-order chi connectivity index (χ0) is 26.1. The minimum atomic E-state index is -4.48. The number of carbonyl (C=O) groups is 2. The summed E-state index contributed by atoms with van der Waals surface area (Å²) in [5, 5.41) is 5.79. The Kier molecular flexibility index (Phi) is 7.19. The fourth-order valence-electron chi connectivity index (χ4n) is 5.43. The van der Waals surface area contributed by atoms with Crippen molar-refractivity contribution in [1.29, 1.82) is 0 Å². The van der Waals surface area contributed by atoms with E-state index < -0.39 is 28.5 Å². The van der Waals surface area contributed by atoms with Gasteiger partial charge in [0.25, 0.3) is 5.91 Å². The average Bonchev–Trinajstić information content (AvgIpc) is 2.83. The fourth-order valence-corrected chi connectivity index (χ4v) is 5.54. The summed E-state index contributed by atoms with van der Waals surface area (Å²) in [7, 11) is 0. The number of nitrogens with zero attached hydrogens (tertiary/aromatic N) is 1. The van der Waals surface area contributed by atoms with E-state index in [0.717, 1.165) is 24.4 Å². The molecule has 3 saturated carbocycles. The highest BCUT2D eigenvalue weighted by molar-refractivity contribution is 6.30. The van der Waals surface area contributed by atoms with Gasteiger partial charge in [-0.1, -0.05) is 18.5 Å². The van der Waals surface area contributed by atoms with Crippen molar-refractivity contribution in [3.05, 3.63) is 58.6 Å². The summed E-state index contributed by atoms with van der Waals surface area (Å²) in [6, 6.07) is 5.76. The Labute approximate surface area is 210 Å². The average molecular weight is 528 g/mol. The van der Waals surface area contributed by atoms with Crippen LogP contribution >= 0.6 is 11.6 Å². The number of aromatic nitrogens is 1. The van der Waals surface area contributed by atoms with E-state index >= 15 is 0 Å². The number of amides is 2. The molecule has 11 heteroatoms. The SMILES string of the molecule is CC1CC2(NC(=O)COc3ccc(Cl)c(F)c3)CCC1(C(=O)NCc1cc(C(F)(F)F)ccn1)CC2. The molecule has 5 rings (SSSR count). The molecule has 0 radical (unpaired) electrons. The minimum absolute atomic E-state index is 0.0392. The van der Waals surface area contributed by atoms with Gasteiger partial charge in [0.1, 0.15) is 11.6 Å². The number of hydrogen-bond donors (Lipinski definition) is 2. The van der Waals surface area contributed by atoms with Gasteiger partial charge in [0.05, 0.1) is 28.2 Å². The van der Waals surface area contributed by atoms with Crippen LogP contribution in [0.2, 0.25) is 5.02 Å². The maximum Gasteiger partial charge on any atom is 0.416 e. The van der Waals surface area contributed by atoms with Crippen LogP contribution in [0.15, 0.2) is 36.5 Å². The monoisotopic (exact) mass is 527 g/mol. The highest BCUT2D eigenvalue weighted by Gasteiger charge is 2.56. The van der Waals surface area contributed by atoms with Gasteiger partial charge in [-0.05, 0) is 62.3 Å². The number of pyridine rings is 1. The van der Waals surface area contributed by atoms with E-state index in [4.69, 9.17) is 16.3 Å². The lowest BCUT2D eigenvalue weighted by Gasteiger charge is -2.56. The lowest BCUT2D eigenvalue weighted by Crippen LogP contribution is -2.63. The van der Waals surface area contributed by atoms with Gasteiger partial charge in [-0.3, -0.25) is 14.6 Å². The third-order valence-electron chi connectivity index (χ3n) is 7.43. The molecule has 2 N–H and O–H groups in total. The maximum atomic E-state index is 13.6. The molecule has 0 aliphatic heterocycles. The van der Waals surface area contributed by atoms with E-state index in [-0.39, 0.29) is 47.3 Å². The number of carbonyl (C=O) groups excluding carboxylic acids is 2. The fraction of sp³-hybridized carbons (Fsp3) is 0.480. The first-order chi connectivity index (χ1) is 16.9. The Bertz CT molecular complexity index is 1150. The van der Waals surface area contributed by atoms with Crippen LogP contribution in [0.25, 0.3) is 0 Å². The third-order valence-corrected chi connectivity index (χ3v) is 7.74. The van der Waals surface area contributed by atoms with Crippen LogP contribution in [0, 0.1) is 17.2 Å². The number of nitrogens with one attached hydrogen (secondary N) is 2. The Morgan fingerprint density at radius 1 is 1.17 bits per heavy atom. The van der Waals surface area contributed by atoms with Crippen molar-refractivity contribution in [1.82, 2.24) is 15.6 Å². The Morgan fingerprint density at radius 2 is 1.89 bits per heavy atom. The van der Waals surface area contributed by atoms with Crippen molar-refractivity contribution in [3.8, 4) is 5.75 Å². The van der Waals surface area contributed by atoms with E-state index in [1.54, 1.807) is 0 Å². The van der Waals surface area contributed by atoms with E-state index in [9.17, 15) is 27.2 Å². The molecule has 1 aromatic carbocycles. The van der Waals surface area contributed by atoms with Crippen LogP contribution in [0.5, 0.6) is 5.75 Å². The third kappa shape index (κ3) is 5.43. The molecule has 0 spiro atoms. The lowest BCUT2D eigenvalue weighted by molar-refractivity contribution is -0.146. The zero-order valence-corrected chi connectivity index (χ0v) is 20.3. The molecule has 1 atom stereocenters. The molecule has 0 saturated heterocycles. The summed E-state index contributed by atoms with van der Waals surface area (Å²) in [5.41, 5.74) is -1.79. The lowest BCUT2D eigenvalue weighted by atomic mass is 9.52. The Hall–Kier alpha value is -2.88. The highest BCUT2D eigenvalue weighted by atomic mass is 35.5. The summed E-state index contributed by atoms with van der Waals surface area (Å²) < 4.78 is 57.8. The van der Waals surface area contributed by atoms with E-state index in [1.807, 2.05) is 6.92 Å². The number of alkyl halides is 3. The second-order valence-corrected chi connectivity index (χ2v) is 10.1. The topological polar surface area (TPSA) is 80.3 Å². The normalized spacial score (nSPS) is 25.3. The van der Waals surface area contributed by atoms with Crippen molar-refractivity contribution < 1.29 is 31.9 Å². The smallest absolute Gasteiger partial charge is 0.416 e.